The SMILES string of the molecule is COc1ccc(CNC(=O)COC(=O)/C=C/c2ccc3c(c2)OCO3)cc1. The van der Waals surface area contributed by atoms with E-state index in [0.717, 1.165) is 16.9 Å². The molecular weight excluding hydrogens is 350 g/mol. The molecule has 0 saturated carbocycles. The predicted octanol–water partition coefficient (Wildman–Crippen LogP) is 2.30. The fourth-order valence-electron chi connectivity index (χ4n) is 2.36. The molecule has 0 atom stereocenters. The number of hydrogen-bond acceptors (Lipinski definition) is 6. The van der Waals surface area contributed by atoms with Gasteiger partial charge >= 0.3 is 5.97 Å². The molecule has 7 heteroatoms. The van der Waals surface area contributed by atoms with E-state index in [0.29, 0.717) is 18.0 Å². The summed E-state index contributed by atoms with van der Waals surface area (Å²) in [6.45, 7) is 0.185. The number of nitrogens with one attached hydrogen (secondary N) is 1. The van der Waals surface area contributed by atoms with Crippen molar-refractivity contribution in [3.63, 3.8) is 0 Å². The smallest absolute Gasteiger partial charge is 0.331 e. The Morgan fingerprint density at radius 2 is 1.89 bits per heavy atom. The minimum absolute atomic E-state index is 0.191. The Labute approximate surface area is 156 Å². The zero-order valence-corrected chi connectivity index (χ0v) is 14.8. The first-order chi connectivity index (χ1) is 13.1. The van der Waals surface area contributed by atoms with Crippen molar-refractivity contribution >= 4 is 18.0 Å². The number of benzene rings is 2. The molecule has 0 radical (unpaired) electrons. The van der Waals surface area contributed by atoms with Crippen molar-refractivity contribution in [3.8, 4) is 17.2 Å². The molecule has 2 aromatic carbocycles. The van der Waals surface area contributed by atoms with Crippen LogP contribution in [0.3, 0.4) is 0 Å². The van der Waals surface area contributed by atoms with Crippen LogP contribution < -0.4 is 19.5 Å². The lowest BCUT2D eigenvalue weighted by molar-refractivity contribution is -0.143. The van der Waals surface area contributed by atoms with Crippen molar-refractivity contribution in [1.82, 2.24) is 5.32 Å². The minimum Gasteiger partial charge on any atom is -0.497 e. The molecule has 1 heterocycles. The van der Waals surface area contributed by atoms with Gasteiger partial charge in [0.1, 0.15) is 5.75 Å². The third-order valence-corrected chi connectivity index (χ3v) is 3.80. The van der Waals surface area contributed by atoms with Crippen LogP contribution >= 0.6 is 0 Å². The quantitative estimate of drug-likeness (QED) is 0.596. The molecule has 0 spiro atoms. The van der Waals surface area contributed by atoms with Gasteiger partial charge in [-0.2, -0.15) is 0 Å². The number of esters is 1. The second-order valence-electron chi connectivity index (χ2n) is 5.68. The van der Waals surface area contributed by atoms with Crippen molar-refractivity contribution in [2.24, 2.45) is 0 Å². The maximum atomic E-state index is 11.8. The molecule has 1 N–H and O–H groups in total. The van der Waals surface area contributed by atoms with Gasteiger partial charge in [0.05, 0.1) is 7.11 Å². The maximum absolute atomic E-state index is 11.8. The lowest BCUT2D eigenvalue weighted by Crippen LogP contribution is -2.28. The predicted molar refractivity (Wildman–Crippen MR) is 97.4 cm³/mol. The molecule has 7 nitrogen and oxygen atoms in total. The molecule has 27 heavy (non-hydrogen) atoms. The number of amides is 1. The van der Waals surface area contributed by atoms with Crippen LogP contribution in [0.4, 0.5) is 0 Å². The zero-order valence-electron chi connectivity index (χ0n) is 14.8. The third-order valence-electron chi connectivity index (χ3n) is 3.80. The molecule has 0 fully saturated rings. The largest absolute Gasteiger partial charge is 0.497 e. The van der Waals surface area contributed by atoms with E-state index in [-0.39, 0.29) is 19.3 Å². The van der Waals surface area contributed by atoms with Crippen molar-refractivity contribution in [1.29, 1.82) is 0 Å². The number of carbonyl (C=O) groups is 2. The Morgan fingerprint density at radius 1 is 1.11 bits per heavy atom. The summed E-state index contributed by atoms with van der Waals surface area (Å²) in [5, 5.41) is 2.68. The summed E-state index contributed by atoms with van der Waals surface area (Å²) in [5.41, 5.74) is 1.68. The first-order valence-corrected chi connectivity index (χ1v) is 8.28. The number of ether oxygens (including phenoxy) is 4. The Kier molecular flexibility index (Phi) is 5.94. The first kappa shape index (κ1) is 18.3. The van der Waals surface area contributed by atoms with Gasteiger partial charge < -0.3 is 24.3 Å². The van der Waals surface area contributed by atoms with E-state index in [1.165, 1.54) is 6.08 Å². The topological polar surface area (TPSA) is 83.1 Å². The van der Waals surface area contributed by atoms with Crippen LogP contribution in [0.1, 0.15) is 11.1 Å². The molecule has 1 aliphatic rings. The van der Waals surface area contributed by atoms with Crippen LogP contribution in [0.25, 0.3) is 6.08 Å². The normalized spacial score (nSPS) is 12.0. The van der Waals surface area contributed by atoms with Crippen molar-refractivity contribution in [2.45, 2.75) is 6.54 Å². The molecule has 0 aliphatic carbocycles. The van der Waals surface area contributed by atoms with Crippen LogP contribution in [-0.2, 0) is 20.9 Å². The number of hydrogen-bond donors (Lipinski definition) is 1. The molecule has 3 rings (SSSR count). The fourth-order valence-corrected chi connectivity index (χ4v) is 2.36. The van der Waals surface area contributed by atoms with Gasteiger partial charge in [-0.05, 0) is 41.5 Å². The molecule has 0 aromatic heterocycles. The summed E-state index contributed by atoms with van der Waals surface area (Å²) in [6, 6.07) is 12.6. The summed E-state index contributed by atoms with van der Waals surface area (Å²) in [6.07, 6.45) is 2.84. The van der Waals surface area contributed by atoms with E-state index in [2.05, 4.69) is 5.32 Å². The lowest BCUT2D eigenvalue weighted by atomic mass is 10.2. The van der Waals surface area contributed by atoms with Gasteiger partial charge in [0, 0.05) is 12.6 Å². The standard InChI is InChI=1S/C20H19NO6/c1-24-16-6-2-15(3-7-16)11-21-19(22)12-25-20(23)9-5-14-4-8-17-18(10-14)27-13-26-17/h2-10H,11-13H2,1H3,(H,21,22)/b9-5+. The maximum Gasteiger partial charge on any atom is 0.331 e. The van der Waals surface area contributed by atoms with Crippen LogP contribution in [0.15, 0.2) is 48.5 Å². The first-order valence-electron chi connectivity index (χ1n) is 8.28. The molecule has 0 bridgehead atoms. The van der Waals surface area contributed by atoms with E-state index in [4.69, 9.17) is 18.9 Å². The summed E-state index contributed by atoms with van der Waals surface area (Å²) < 4.78 is 20.5. The molecule has 1 aliphatic heterocycles. The van der Waals surface area contributed by atoms with Gasteiger partial charge in [0.25, 0.3) is 5.91 Å². The molecule has 1 amide bonds. The van der Waals surface area contributed by atoms with Gasteiger partial charge in [-0.1, -0.05) is 18.2 Å². The minimum atomic E-state index is -0.604. The number of rotatable bonds is 7. The zero-order chi connectivity index (χ0) is 19.1. The van der Waals surface area contributed by atoms with Gasteiger partial charge in [0.15, 0.2) is 18.1 Å². The monoisotopic (exact) mass is 369 g/mol. The van der Waals surface area contributed by atoms with Crippen LogP contribution in [0.2, 0.25) is 0 Å². The Balaban J connectivity index is 1.40. The molecular formula is C20H19NO6. The van der Waals surface area contributed by atoms with Gasteiger partial charge in [-0.15, -0.1) is 0 Å². The molecule has 2 aromatic rings. The van der Waals surface area contributed by atoms with E-state index in [1.807, 2.05) is 24.3 Å². The van der Waals surface area contributed by atoms with Gasteiger partial charge in [-0.3, -0.25) is 4.79 Å². The Morgan fingerprint density at radius 3 is 2.67 bits per heavy atom. The fraction of sp³-hybridized carbons (Fsp3) is 0.200. The second kappa shape index (κ2) is 8.75. The van der Waals surface area contributed by atoms with E-state index in [9.17, 15) is 9.59 Å². The highest BCUT2D eigenvalue weighted by molar-refractivity contribution is 5.89. The van der Waals surface area contributed by atoms with Gasteiger partial charge in [0.2, 0.25) is 6.79 Å². The summed E-state index contributed by atoms with van der Waals surface area (Å²) in [4.78, 5) is 23.5. The average Bonchev–Trinajstić information content (AvgIpc) is 3.17. The van der Waals surface area contributed by atoms with Crippen LogP contribution in [0.5, 0.6) is 17.2 Å². The summed E-state index contributed by atoms with van der Waals surface area (Å²) in [7, 11) is 1.59. The third kappa shape index (κ3) is 5.24. The van der Waals surface area contributed by atoms with Gasteiger partial charge in [-0.25, -0.2) is 4.79 Å². The van der Waals surface area contributed by atoms with E-state index in [1.54, 1.807) is 31.4 Å². The van der Waals surface area contributed by atoms with Crippen LogP contribution in [0, 0.1) is 0 Å². The molecule has 0 saturated heterocycles. The average molecular weight is 369 g/mol. The van der Waals surface area contributed by atoms with Crippen molar-refractivity contribution in [2.75, 3.05) is 20.5 Å². The molecule has 140 valence electrons. The molecule has 0 unspecified atom stereocenters. The van der Waals surface area contributed by atoms with Crippen molar-refractivity contribution < 1.29 is 28.5 Å². The van der Waals surface area contributed by atoms with Crippen molar-refractivity contribution in [3.05, 3.63) is 59.7 Å². The number of fused-ring (bicyclic) bond motifs is 1. The van der Waals surface area contributed by atoms with E-state index < -0.39 is 5.97 Å². The summed E-state index contributed by atoms with van der Waals surface area (Å²) >= 11 is 0. The summed E-state index contributed by atoms with van der Waals surface area (Å²) in [5.74, 6) is 1.06. The van der Waals surface area contributed by atoms with Crippen LogP contribution in [-0.4, -0.2) is 32.4 Å². The number of methoxy groups -OCH3 is 1. The highest BCUT2D eigenvalue weighted by atomic mass is 16.7. The highest BCUT2D eigenvalue weighted by Gasteiger charge is 2.12. The lowest BCUT2D eigenvalue weighted by Gasteiger charge is -2.06. The Bertz CT molecular complexity index is 844. The Hall–Kier alpha value is -3.48. The second-order valence-corrected chi connectivity index (χ2v) is 5.68. The highest BCUT2D eigenvalue weighted by Crippen LogP contribution is 2.32. The van der Waals surface area contributed by atoms with E-state index >= 15 is 0 Å². The number of carbonyl (C=O) groups excluding carboxylic acids is 2.